The van der Waals surface area contributed by atoms with Gasteiger partial charge >= 0.3 is 0 Å². The second-order valence-electron chi connectivity index (χ2n) is 2.72. The predicted octanol–water partition coefficient (Wildman–Crippen LogP) is 1.56. The minimum Gasteiger partial charge on any atom is -0.258 e. The van der Waals surface area contributed by atoms with E-state index in [0.29, 0.717) is 11.3 Å². The molecule has 0 unspecified atom stereocenters. The fourth-order valence-electron chi connectivity index (χ4n) is 0.960. The number of aryl methyl sites for hydroxylation is 1. The van der Waals surface area contributed by atoms with E-state index in [-0.39, 0.29) is 12.1 Å². The van der Waals surface area contributed by atoms with Crippen LogP contribution in [0.4, 0.5) is 5.69 Å². The van der Waals surface area contributed by atoms with Crippen molar-refractivity contribution in [1.29, 1.82) is 5.26 Å². The average Bonchev–Trinajstić information content (AvgIpc) is 2.20. The lowest BCUT2D eigenvalue weighted by atomic mass is 10.2. The number of hydrogen-bond donors (Lipinski definition) is 0. The molecule has 1 rings (SSSR count). The molecule has 0 fully saturated rings. The van der Waals surface area contributed by atoms with Crippen LogP contribution in [0.3, 0.4) is 0 Å². The van der Waals surface area contributed by atoms with Gasteiger partial charge in [-0.05, 0) is 6.92 Å². The normalized spacial score (nSPS) is 8.53. The molecular weight excluding hydrogens is 194 g/mol. The highest BCUT2D eigenvalue weighted by Gasteiger charge is 2.11. The smallest absolute Gasteiger partial charge is 0.258 e. The Morgan fingerprint density at radius 3 is 3.00 bits per heavy atom. The second-order valence-corrected chi connectivity index (χ2v) is 2.72. The molecule has 0 amide bonds. The van der Waals surface area contributed by atoms with Crippen LogP contribution in [0.25, 0.3) is 0 Å². The number of hydrogen-bond acceptors (Lipinski definition) is 4. The molecule has 5 nitrogen and oxygen atoms in total. The van der Waals surface area contributed by atoms with E-state index < -0.39 is 4.92 Å². The monoisotopic (exact) mass is 201 g/mol. The number of nitrogens with zero attached hydrogens (tertiary/aromatic N) is 3. The summed E-state index contributed by atoms with van der Waals surface area (Å²) in [6, 6.07) is 3.21. The Hall–Kier alpha value is -2.40. The van der Waals surface area contributed by atoms with Crippen LogP contribution in [-0.2, 0) is 0 Å². The van der Waals surface area contributed by atoms with Gasteiger partial charge in [-0.15, -0.1) is 0 Å². The highest BCUT2D eigenvalue weighted by molar-refractivity contribution is 5.44. The Morgan fingerprint density at radius 1 is 1.67 bits per heavy atom. The lowest BCUT2D eigenvalue weighted by Crippen LogP contribution is -1.94. The van der Waals surface area contributed by atoms with E-state index in [9.17, 15) is 10.1 Å². The highest BCUT2D eigenvalue weighted by Crippen LogP contribution is 2.15. The van der Waals surface area contributed by atoms with Crippen molar-refractivity contribution in [2.75, 3.05) is 0 Å². The Bertz CT molecular complexity index is 492. The summed E-state index contributed by atoms with van der Waals surface area (Å²) >= 11 is 0. The first-order valence-electron chi connectivity index (χ1n) is 4.12. The van der Waals surface area contributed by atoms with E-state index in [1.165, 1.54) is 12.3 Å². The number of nitro groups is 1. The minimum atomic E-state index is -0.502. The molecule has 0 N–H and O–H groups in total. The zero-order chi connectivity index (χ0) is 11.3. The van der Waals surface area contributed by atoms with Crippen molar-refractivity contribution in [3.8, 4) is 17.9 Å². The molecule has 0 aliphatic heterocycles. The molecule has 5 heteroatoms. The van der Waals surface area contributed by atoms with Crippen LogP contribution in [0.2, 0.25) is 0 Å². The topological polar surface area (TPSA) is 79.8 Å². The molecule has 0 spiro atoms. The van der Waals surface area contributed by atoms with E-state index in [1.54, 1.807) is 6.92 Å². The van der Waals surface area contributed by atoms with Crippen molar-refractivity contribution in [2.24, 2.45) is 0 Å². The molecule has 1 heterocycles. The van der Waals surface area contributed by atoms with Gasteiger partial charge in [0.2, 0.25) is 0 Å². The summed E-state index contributed by atoms with van der Waals surface area (Å²) in [5, 5.41) is 18.8. The Morgan fingerprint density at radius 2 is 2.40 bits per heavy atom. The van der Waals surface area contributed by atoms with E-state index in [0.717, 1.165) is 0 Å². The first kappa shape index (κ1) is 10.7. The van der Waals surface area contributed by atoms with Gasteiger partial charge in [-0.3, -0.25) is 15.1 Å². The van der Waals surface area contributed by atoms with Crippen molar-refractivity contribution in [3.05, 3.63) is 33.6 Å². The van der Waals surface area contributed by atoms with Gasteiger partial charge in [-0.1, -0.05) is 11.8 Å². The molecule has 0 aromatic carbocycles. The van der Waals surface area contributed by atoms with Gasteiger partial charge in [0.05, 0.1) is 17.4 Å². The maximum atomic E-state index is 10.6. The Kier molecular flexibility index (Phi) is 3.37. The van der Waals surface area contributed by atoms with Crippen molar-refractivity contribution in [3.63, 3.8) is 0 Å². The highest BCUT2D eigenvalue weighted by atomic mass is 16.6. The van der Waals surface area contributed by atoms with Gasteiger partial charge in [0.25, 0.3) is 5.69 Å². The first-order chi connectivity index (χ1) is 7.15. The zero-order valence-corrected chi connectivity index (χ0v) is 8.02. The van der Waals surface area contributed by atoms with E-state index in [1.807, 2.05) is 6.07 Å². The maximum absolute atomic E-state index is 10.6. The molecule has 0 saturated carbocycles. The molecule has 0 aliphatic carbocycles. The average molecular weight is 201 g/mol. The molecule has 0 atom stereocenters. The molecular formula is C10H7N3O2. The summed E-state index contributed by atoms with van der Waals surface area (Å²) in [7, 11) is 0. The van der Waals surface area contributed by atoms with Crippen molar-refractivity contribution < 1.29 is 4.92 Å². The van der Waals surface area contributed by atoms with Crippen molar-refractivity contribution in [1.82, 2.24) is 4.98 Å². The lowest BCUT2D eigenvalue weighted by molar-refractivity contribution is -0.385. The summed E-state index contributed by atoms with van der Waals surface area (Å²) in [6.45, 7) is 1.56. The summed E-state index contributed by atoms with van der Waals surface area (Å²) in [6.07, 6.45) is 1.55. The standard InChI is InChI=1S/C10H7N3O2/c1-8-10(13(14)15)6-9(7-12-8)4-2-3-5-11/h6-7H,3H2,1H3. The lowest BCUT2D eigenvalue weighted by Gasteiger charge is -1.95. The van der Waals surface area contributed by atoms with Gasteiger partial charge in [-0.2, -0.15) is 5.26 Å². The van der Waals surface area contributed by atoms with Crippen LogP contribution in [0.5, 0.6) is 0 Å². The largest absolute Gasteiger partial charge is 0.291 e. The fourth-order valence-corrected chi connectivity index (χ4v) is 0.960. The van der Waals surface area contributed by atoms with Crippen LogP contribution in [0.1, 0.15) is 17.7 Å². The van der Waals surface area contributed by atoms with Gasteiger partial charge in [-0.25, -0.2) is 0 Å². The third-order valence-electron chi connectivity index (χ3n) is 1.66. The molecule has 1 aromatic heterocycles. The first-order valence-corrected chi connectivity index (χ1v) is 4.12. The number of pyridine rings is 1. The van der Waals surface area contributed by atoms with E-state index in [4.69, 9.17) is 5.26 Å². The molecule has 1 aromatic rings. The van der Waals surface area contributed by atoms with Crippen molar-refractivity contribution in [2.45, 2.75) is 13.3 Å². The number of aromatic nitrogens is 1. The summed E-state index contributed by atoms with van der Waals surface area (Å²) in [5.41, 5.74) is 0.743. The van der Waals surface area contributed by atoms with Gasteiger partial charge in [0, 0.05) is 17.8 Å². The Balaban J connectivity index is 3.05. The van der Waals surface area contributed by atoms with Gasteiger partial charge in [0.1, 0.15) is 5.69 Å². The quantitative estimate of drug-likeness (QED) is 0.392. The van der Waals surface area contributed by atoms with Gasteiger partial charge < -0.3 is 0 Å². The maximum Gasteiger partial charge on any atom is 0.291 e. The summed E-state index contributed by atoms with van der Waals surface area (Å²) in [4.78, 5) is 13.9. The molecule has 15 heavy (non-hydrogen) atoms. The molecule has 0 aliphatic rings. The Labute approximate surface area is 86.5 Å². The summed E-state index contributed by atoms with van der Waals surface area (Å²) < 4.78 is 0. The van der Waals surface area contributed by atoms with Crippen LogP contribution in [0.15, 0.2) is 12.3 Å². The number of nitriles is 1. The zero-order valence-electron chi connectivity index (χ0n) is 8.02. The molecule has 0 bridgehead atoms. The molecule has 0 saturated heterocycles. The van der Waals surface area contributed by atoms with E-state index >= 15 is 0 Å². The van der Waals surface area contributed by atoms with Crippen LogP contribution in [-0.4, -0.2) is 9.91 Å². The third kappa shape index (κ3) is 2.78. The number of rotatable bonds is 1. The minimum absolute atomic E-state index is 0.0567. The fraction of sp³-hybridized carbons (Fsp3) is 0.200. The van der Waals surface area contributed by atoms with Gasteiger partial charge in [0.15, 0.2) is 0 Å². The summed E-state index contributed by atoms with van der Waals surface area (Å²) in [5.74, 6) is 5.19. The van der Waals surface area contributed by atoms with Crippen LogP contribution in [0, 0.1) is 40.2 Å². The van der Waals surface area contributed by atoms with Crippen LogP contribution < -0.4 is 0 Å². The molecule has 74 valence electrons. The second kappa shape index (κ2) is 4.73. The SMILES string of the molecule is Cc1ncc(C#CCC#N)cc1[N+](=O)[O-]. The molecule has 0 radical (unpaired) electrons. The van der Waals surface area contributed by atoms with Crippen molar-refractivity contribution >= 4 is 5.69 Å². The predicted molar refractivity (Wildman–Crippen MR) is 52.7 cm³/mol. The third-order valence-corrected chi connectivity index (χ3v) is 1.66. The van der Waals surface area contributed by atoms with Crippen LogP contribution >= 0.6 is 0 Å². The van der Waals surface area contributed by atoms with E-state index in [2.05, 4.69) is 16.8 Å².